The zero-order valence-electron chi connectivity index (χ0n) is 6.74. The lowest BCUT2D eigenvalue weighted by atomic mass is 10.3. The van der Waals surface area contributed by atoms with Crippen LogP contribution in [0.2, 0.25) is 0 Å². The van der Waals surface area contributed by atoms with Crippen LogP contribution in [0.15, 0.2) is 24.4 Å². The number of hydrogen-bond acceptors (Lipinski definition) is 2. The van der Waals surface area contributed by atoms with E-state index >= 15 is 0 Å². The number of nitrogens with two attached hydrogens (primary N) is 1. The fraction of sp³-hybridized carbons (Fsp3) is 0. The smallest absolute Gasteiger partial charge is 0.317 e. The molecule has 0 atom stereocenters. The van der Waals surface area contributed by atoms with E-state index in [0.717, 1.165) is 11.0 Å². The monoisotopic (exact) mass is 176 g/mol. The molecule has 5 nitrogen and oxygen atoms in total. The van der Waals surface area contributed by atoms with E-state index in [1.807, 2.05) is 12.1 Å². The van der Waals surface area contributed by atoms with E-state index in [9.17, 15) is 4.79 Å². The highest BCUT2D eigenvalue weighted by atomic mass is 16.2. The maximum Gasteiger partial charge on any atom is 0.317 e. The van der Waals surface area contributed by atoms with Crippen LogP contribution >= 0.6 is 0 Å². The summed E-state index contributed by atoms with van der Waals surface area (Å²) in [5, 5.41) is 3.37. The summed E-state index contributed by atoms with van der Waals surface area (Å²) >= 11 is 0. The van der Waals surface area contributed by atoms with Crippen LogP contribution in [0, 0.1) is 0 Å². The normalized spacial score (nSPS) is 10.2. The standard InChI is InChI=1S/C8H8N4O/c9-8(13)12-6-4-5-2-1-3-10-7(5)11-6/h1-4H,(H,10,11)(H3,9,12,13). The van der Waals surface area contributed by atoms with Gasteiger partial charge in [0.15, 0.2) is 0 Å². The SMILES string of the molecule is NC(=O)Nc1cc2cccnc2[nH]1. The van der Waals surface area contributed by atoms with Crippen LogP contribution in [0.1, 0.15) is 0 Å². The molecule has 13 heavy (non-hydrogen) atoms. The summed E-state index contributed by atoms with van der Waals surface area (Å²) < 4.78 is 0. The molecular formula is C8H8N4O. The van der Waals surface area contributed by atoms with Gasteiger partial charge < -0.3 is 10.7 Å². The van der Waals surface area contributed by atoms with Crippen molar-refractivity contribution in [2.45, 2.75) is 0 Å². The second-order valence-corrected chi connectivity index (χ2v) is 2.61. The number of urea groups is 1. The molecule has 0 aliphatic carbocycles. The van der Waals surface area contributed by atoms with E-state index in [1.165, 1.54) is 0 Å². The van der Waals surface area contributed by atoms with Gasteiger partial charge in [-0.15, -0.1) is 0 Å². The van der Waals surface area contributed by atoms with Crippen LogP contribution in [0.4, 0.5) is 10.6 Å². The van der Waals surface area contributed by atoms with Crippen LogP contribution < -0.4 is 11.1 Å². The lowest BCUT2D eigenvalue weighted by molar-refractivity contribution is 0.259. The Morgan fingerprint density at radius 1 is 1.62 bits per heavy atom. The average molecular weight is 176 g/mol. The van der Waals surface area contributed by atoms with Crippen LogP contribution in [0.5, 0.6) is 0 Å². The summed E-state index contributed by atoms with van der Waals surface area (Å²) in [4.78, 5) is 17.5. The number of H-pyrrole nitrogens is 1. The molecule has 5 heteroatoms. The van der Waals surface area contributed by atoms with E-state index in [0.29, 0.717) is 5.82 Å². The van der Waals surface area contributed by atoms with E-state index < -0.39 is 6.03 Å². The zero-order valence-corrected chi connectivity index (χ0v) is 6.74. The van der Waals surface area contributed by atoms with Crippen molar-refractivity contribution in [3.8, 4) is 0 Å². The van der Waals surface area contributed by atoms with Crippen LogP contribution in [0.3, 0.4) is 0 Å². The average Bonchev–Trinajstić information content (AvgIpc) is 2.44. The lowest BCUT2D eigenvalue weighted by Crippen LogP contribution is -2.19. The molecule has 4 N–H and O–H groups in total. The molecule has 0 saturated heterocycles. The first-order valence-corrected chi connectivity index (χ1v) is 3.76. The number of amides is 2. The first-order valence-electron chi connectivity index (χ1n) is 3.76. The van der Waals surface area contributed by atoms with E-state index in [2.05, 4.69) is 15.3 Å². The Morgan fingerprint density at radius 2 is 2.46 bits per heavy atom. The Labute approximate surface area is 74.0 Å². The molecule has 66 valence electrons. The van der Waals surface area contributed by atoms with Crippen molar-refractivity contribution < 1.29 is 4.79 Å². The summed E-state index contributed by atoms with van der Waals surface area (Å²) in [6.07, 6.45) is 1.67. The molecule has 0 aromatic carbocycles. The number of primary amides is 1. The van der Waals surface area contributed by atoms with Gasteiger partial charge in [0.25, 0.3) is 0 Å². The van der Waals surface area contributed by atoms with E-state index in [4.69, 9.17) is 5.73 Å². The molecule has 0 saturated carbocycles. The second-order valence-electron chi connectivity index (χ2n) is 2.61. The number of rotatable bonds is 1. The van der Waals surface area contributed by atoms with Gasteiger partial charge in [0.05, 0.1) is 0 Å². The Hall–Kier alpha value is -2.04. The van der Waals surface area contributed by atoms with Crippen molar-refractivity contribution in [3.63, 3.8) is 0 Å². The number of hydrogen-bond donors (Lipinski definition) is 3. The van der Waals surface area contributed by atoms with Gasteiger partial charge in [0.1, 0.15) is 11.5 Å². The number of aromatic nitrogens is 2. The predicted octanol–water partition coefficient (Wildman–Crippen LogP) is 1.05. The van der Waals surface area contributed by atoms with Crippen molar-refractivity contribution in [1.29, 1.82) is 0 Å². The first-order chi connectivity index (χ1) is 6.25. The summed E-state index contributed by atoms with van der Waals surface area (Å²) in [7, 11) is 0. The zero-order chi connectivity index (χ0) is 9.26. The van der Waals surface area contributed by atoms with E-state index in [-0.39, 0.29) is 0 Å². The molecule has 0 fully saturated rings. The fourth-order valence-corrected chi connectivity index (χ4v) is 1.16. The molecule has 2 heterocycles. The number of fused-ring (bicyclic) bond motifs is 1. The summed E-state index contributed by atoms with van der Waals surface area (Å²) in [5.41, 5.74) is 5.68. The van der Waals surface area contributed by atoms with Crippen molar-refractivity contribution in [1.82, 2.24) is 9.97 Å². The van der Waals surface area contributed by atoms with Gasteiger partial charge in [-0.05, 0) is 18.2 Å². The molecule has 0 unspecified atom stereocenters. The fourth-order valence-electron chi connectivity index (χ4n) is 1.16. The van der Waals surface area contributed by atoms with Gasteiger partial charge in [-0.1, -0.05) is 0 Å². The van der Waals surface area contributed by atoms with Crippen molar-refractivity contribution >= 4 is 22.9 Å². The third kappa shape index (κ3) is 1.44. The minimum atomic E-state index is -0.591. The highest BCUT2D eigenvalue weighted by Crippen LogP contribution is 2.15. The van der Waals surface area contributed by atoms with Gasteiger partial charge in [-0.2, -0.15) is 0 Å². The number of anilines is 1. The number of nitrogens with one attached hydrogen (secondary N) is 2. The molecule has 0 aliphatic rings. The van der Waals surface area contributed by atoms with E-state index in [1.54, 1.807) is 12.3 Å². The quantitative estimate of drug-likeness (QED) is 0.606. The highest BCUT2D eigenvalue weighted by Gasteiger charge is 2.01. The van der Waals surface area contributed by atoms with Crippen LogP contribution in [-0.4, -0.2) is 16.0 Å². The first kappa shape index (κ1) is 7.60. The highest BCUT2D eigenvalue weighted by molar-refractivity contribution is 5.90. The maximum atomic E-state index is 10.5. The molecule has 0 spiro atoms. The third-order valence-corrected chi connectivity index (χ3v) is 1.65. The molecular weight excluding hydrogens is 168 g/mol. The van der Waals surface area contributed by atoms with Crippen molar-refractivity contribution in [2.75, 3.05) is 5.32 Å². The topological polar surface area (TPSA) is 83.8 Å². The largest absolute Gasteiger partial charge is 0.351 e. The van der Waals surface area contributed by atoms with Gasteiger partial charge in [0.2, 0.25) is 0 Å². The van der Waals surface area contributed by atoms with Crippen molar-refractivity contribution in [2.24, 2.45) is 5.73 Å². The summed E-state index contributed by atoms with van der Waals surface area (Å²) in [6, 6.07) is 4.90. The van der Waals surface area contributed by atoms with Gasteiger partial charge in [-0.3, -0.25) is 5.32 Å². The second kappa shape index (κ2) is 2.78. The number of pyridine rings is 1. The van der Waals surface area contributed by atoms with Crippen molar-refractivity contribution in [3.05, 3.63) is 24.4 Å². The minimum absolute atomic E-state index is 0.557. The van der Waals surface area contributed by atoms with Gasteiger partial charge in [-0.25, -0.2) is 9.78 Å². The molecule has 2 aromatic rings. The van der Waals surface area contributed by atoms with Crippen LogP contribution in [-0.2, 0) is 0 Å². The third-order valence-electron chi connectivity index (χ3n) is 1.65. The van der Waals surface area contributed by atoms with Gasteiger partial charge >= 0.3 is 6.03 Å². The Bertz CT molecular complexity index is 415. The Balaban J connectivity index is 2.44. The van der Waals surface area contributed by atoms with Gasteiger partial charge in [0, 0.05) is 11.6 Å². The molecule has 2 amide bonds. The molecule has 2 rings (SSSR count). The molecule has 0 aliphatic heterocycles. The maximum absolute atomic E-state index is 10.5. The number of carbonyl (C=O) groups is 1. The summed E-state index contributed by atoms with van der Waals surface area (Å²) in [5.74, 6) is 0.557. The summed E-state index contributed by atoms with van der Waals surface area (Å²) in [6.45, 7) is 0. The minimum Gasteiger partial charge on any atom is -0.351 e. The number of aromatic amines is 1. The molecule has 0 radical (unpaired) electrons. The van der Waals surface area contributed by atoms with Crippen LogP contribution in [0.25, 0.3) is 11.0 Å². The Morgan fingerprint density at radius 3 is 3.15 bits per heavy atom. The molecule has 2 aromatic heterocycles. The molecule has 0 bridgehead atoms. The number of nitrogens with zero attached hydrogens (tertiary/aromatic N) is 1. The lowest BCUT2D eigenvalue weighted by Gasteiger charge is -1.93. The Kier molecular flexibility index (Phi) is 1.63. The predicted molar refractivity (Wildman–Crippen MR) is 49.3 cm³/mol. The number of carbonyl (C=O) groups excluding carboxylic acids is 1.